The Bertz CT molecular complexity index is 852. The number of ketones is 1. The minimum absolute atomic E-state index is 0.00466. The van der Waals surface area contributed by atoms with Gasteiger partial charge in [0.25, 0.3) is 5.91 Å². The topological polar surface area (TPSA) is 69.6 Å². The molecule has 0 spiro atoms. The van der Waals surface area contributed by atoms with Gasteiger partial charge >= 0.3 is 0 Å². The van der Waals surface area contributed by atoms with Crippen molar-refractivity contribution >= 4 is 23.3 Å². The Hall–Kier alpha value is -2.96. The summed E-state index contributed by atoms with van der Waals surface area (Å²) in [6.45, 7) is 6.39. The Morgan fingerprint density at radius 3 is 1.72 bits per heavy atom. The smallest absolute Gasteiger partial charge is 0.253 e. The van der Waals surface area contributed by atoms with E-state index in [4.69, 9.17) is 0 Å². The van der Waals surface area contributed by atoms with Crippen LogP contribution in [-0.2, 0) is 0 Å². The maximum atomic E-state index is 12.7. The van der Waals surface area contributed by atoms with Crippen LogP contribution in [0.25, 0.3) is 0 Å². The summed E-state index contributed by atoms with van der Waals surface area (Å²) in [7, 11) is 0. The highest BCUT2D eigenvalue weighted by molar-refractivity contribution is 5.97. The van der Waals surface area contributed by atoms with Crippen molar-refractivity contribution in [2.75, 3.05) is 49.1 Å². The van der Waals surface area contributed by atoms with Crippen molar-refractivity contribution in [3.63, 3.8) is 0 Å². The first-order chi connectivity index (χ1) is 14.1. The van der Waals surface area contributed by atoms with Crippen LogP contribution in [0.2, 0.25) is 0 Å². The monoisotopic (exact) mass is 393 g/mol. The first-order valence-electron chi connectivity index (χ1n) is 10.4. The van der Waals surface area contributed by atoms with Crippen molar-refractivity contribution in [3.8, 4) is 0 Å². The summed E-state index contributed by atoms with van der Waals surface area (Å²) in [5, 5.41) is 8.86. The van der Waals surface area contributed by atoms with E-state index in [2.05, 4.69) is 26.1 Å². The van der Waals surface area contributed by atoms with Gasteiger partial charge in [-0.3, -0.25) is 9.59 Å². The highest BCUT2D eigenvalue weighted by Gasteiger charge is 2.23. The number of benzene rings is 1. The Morgan fingerprint density at radius 2 is 1.21 bits per heavy atom. The first kappa shape index (κ1) is 19.4. The van der Waals surface area contributed by atoms with E-state index in [0.29, 0.717) is 24.2 Å². The number of nitrogens with zero attached hydrogens (tertiary/aromatic N) is 5. The second-order valence-corrected chi connectivity index (χ2v) is 7.71. The van der Waals surface area contributed by atoms with Crippen molar-refractivity contribution < 1.29 is 9.59 Å². The average Bonchev–Trinajstić information content (AvgIpc) is 2.79. The van der Waals surface area contributed by atoms with Crippen molar-refractivity contribution in [2.24, 2.45) is 0 Å². The molecular formula is C22H27N5O2. The predicted molar refractivity (Wildman–Crippen MR) is 113 cm³/mol. The number of Topliss-reactive ketones (excluding diaryl/α,β-unsaturated/α-hetero) is 1. The summed E-state index contributed by atoms with van der Waals surface area (Å²) in [6.07, 6.45) is 3.74. The van der Waals surface area contributed by atoms with Crippen LogP contribution in [0.1, 0.15) is 46.9 Å². The number of hydrogen-bond acceptors (Lipinski definition) is 6. The summed E-state index contributed by atoms with van der Waals surface area (Å²) in [5.74, 6) is 1.83. The lowest BCUT2D eigenvalue weighted by Gasteiger charge is -2.35. The zero-order valence-electron chi connectivity index (χ0n) is 16.9. The minimum atomic E-state index is 0.00466. The molecule has 2 aliphatic heterocycles. The number of carbonyl (C=O) groups is 2. The fourth-order valence-electron chi connectivity index (χ4n) is 3.95. The maximum absolute atomic E-state index is 12.7. The Balaban J connectivity index is 1.34. The fraction of sp³-hybridized carbons (Fsp3) is 0.455. The average molecular weight is 393 g/mol. The normalized spacial score (nSPS) is 17.3. The third-order valence-electron chi connectivity index (χ3n) is 5.75. The second-order valence-electron chi connectivity index (χ2n) is 7.71. The van der Waals surface area contributed by atoms with Crippen LogP contribution < -0.4 is 9.80 Å². The minimum Gasteiger partial charge on any atom is -0.355 e. The van der Waals surface area contributed by atoms with E-state index in [1.54, 1.807) is 24.3 Å². The van der Waals surface area contributed by atoms with Gasteiger partial charge in [0, 0.05) is 50.4 Å². The summed E-state index contributed by atoms with van der Waals surface area (Å²) in [6, 6.07) is 11.0. The van der Waals surface area contributed by atoms with E-state index in [9.17, 15) is 9.59 Å². The molecule has 0 unspecified atom stereocenters. The van der Waals surface area contributed by atoms with Crippen LogP contribution >= 0.6 is 0 Å². The second kappa shape index (κ2) is 8.59. The third-order valence-corrected chi connectivity index (χ3v) is 5.75. The number of piperidine rings is 1. The molecule has 152 valence electrons. The molecule has 1 aromatic heterocycles. The van der Waals surface area contributed by atoms with Crippen molar-refractivity contribution in [2.45, 2.75) is 26.2 Å². The molecule has 0 bridgehead atoms. The third kappa shape index (κ3) is 4.39. The molecule has 2 aromatic rings. The quantitative estimate of drug-likeness (QED) is 0.744. The maximum Gasteiger partial charge on any atom is 0.253 e. The number of aromatic nitrogens is 2. The van der Waals surface area contributed by atoms with E-state index < -0.39 is 0 Å². The van der Waals surface area contributed by atoms with Crippen LogP contribution in [0.3, 0.4) is 0 Å². The molecule has 0 N–H and O–H groups in total. The number of anilines is 2. The van der Waals surface area contributed by atoms with Gasteiger partial charge < -0.3 is 14.7 Å². The molecule has 7 heteroatoms. The molecule has 0 aliphatic carbocycles. The summed E-state index contributed by atoms with van der Waals surface area (Å²) < 4.78 is 0. The summed E-state index contributed by atoms with van der Waals surface area (Å²) in [4.78, 5) is 30.5. The molecule has 3 heterocycles. The van der Waals surface area contributed by atoms with Gasteiger partial charge in [0.05, 0.1) is 0 Å². The van der Waals surface area contributed by atoms with Gasteiger partial charge in [-0.05, 0) is 50.5 Å². The number of piperazine rings is 1. The van der Waals surface area contributed by atoms with E-state index in [0.717, 1.165) is 37.8 Å². The summed E-state index contributed by atoms with van der Waals surface area (Å²) in [5.41, 5.74) is 1.24. The van der Waals surface area contributed by atoms with Gasteiger partial charge in [-0.2, -0.15) is 0 Å². The van der Waals surface area contributed by atoms with Gasteiger partial charge in [0.1, 0.15) is 0 Å². The van der Waals surface area contributed by atoms with Gasteiger partial charge in [0.2, 0.25) is 0 Å². The molecule has 0 radical (unpaired) electrons. The van der Waals surface area contributed by atoms with Gasteiger partial charge in [-0.15, -0.1) is 10.2 Å². The van der Waals surface area contributed by atoms with Gasteiger partial charge in [0.15, 0.2) is 17.4 Å². The molecule has 2 aliphatic rings. The highest BCUT2D eigenvalue weighted by atomic mass is 16.2. The lowest BCUT2D eigenvalue weighted by molar-refractivity contribution is 0.0746. The first-order valence-corrected chi connectivity index (χ1v) is 10.4. The van der Waals surface area contributed by atoms with E-state index in [1.807, 2.05) is 11.0 Å². The largest absolute Gasteiger partial charge is 0.355 e. The highest BCUT2D eigenvalue weighted by Crippen LogP contribution is 2.20. The molecule has 4 rings (SSSR count). The van der Waals surface area contributed by atoms with E-state index >= 15 is 0 Å². The number of rotatable bonds is 4. The van der Waals surface area contributed by atoms with E-state index in [-0.39, 0.29) is 11.7 Å². The lowest BCUT2D eigenvalue weighted by atomic mass is 10.1. The molecular weight excluding hydrogens is 366 g/mol. The van der Waals surface area contributed by atoms with Gasteiger partial charge in [-0.1, -0.05) is 12.1 Å². The van der Waals surface area contributed by atoms with Crippen molar-refractivity contribution in [1.82, 2.24) is 15.1 Å². The number of carbonyl (C=O) groups excluding carboxylic acids is 2. The van der Waals surface area contributed by atoms with Crippen molar-refractivity contribution in [3.05, 3.63) is 47.5 Å². The van der Waals surface area contributed by atoms with Crippen LogP contribution in [0.5, 0.6) is 0 Å². The SMILES string of the molecule is CC(=O)c1ccc(C(=O)N2CCN(c3ccc(N4CCCCC4)nn3)CC2)cc1. The fourth-order valence-corrected chi connectivity index (χ4v) is 3.95. The zero-order chi connectivity index (χ0) is 20.2. The van der Waals surface area contributed by atoms with E-state index in [1.165, 1.54) is 26.2 Å². The Morgan fingerprint density at radius 1 is 0.690 bits per heavy atom. The molecule has 29 heavy (non-hydrogen) atoms. The molecule has 1 aromatic carbocycles. The Labute approximate surface area is 171 Å². The molecule has 1 amide bonds. The molecule has 7 nitrogen and oxygen atoms in total. The Kier molecular flexibility index (Phi) is 5.74. The standard InChI is InChI=1S/C22H27N5O2/c1-17(28)18-5-7-19(8-6-18)22(29)27-15-13-26(14-16-27)21-10-9-20(23-24-21)25-11-3-2-4-12-25/h5-10H,2-4,11-16H2,1H3. The molecule has 2 saturated heterocycles. The van der Waals surface area contributed by atoms with Crippen LogP contribution in [0.15, 0.2) is 36.4 Å². The number of hydrogen-bond donors (Lipinski definition) is 0. The lowest BCUT2D eigenvalue weighted by Crippen LogP contribution is -2.49. The summed E-state index contributed by atoms with van der Waals surface area (Å²) >= 11 is 0. The van der Waals surface area contributed by atoms with Crippen molar-refractivity contribution in [1.29, 1.82) is 0 Å². The van der Waals surface area contributed by atoms with Crippen LogP contribution in [0, 0.1) is 0 Å². The van der Waals surface area contributed by atoms with Crippen LogP contribution in [0.4, 0.5) is 11.6 Å². The van der Waals surface area contributed by atoms with Gasteiger partial charge in [-0.25, -0.2) is 0 Å². The predicted octanol–water partition coefficient (Wildman–Crippen LogP) is 2.63. The molecule has 0 atom stereocenters. The molecule has 0 saturated carbocycles. The van der Waals surface area contributed by atoms with Crippen LogP contribution in [-0.4, -0.2) is 66.1 Å². The zero-order valence-corrected chi connectivity index (χ0v) is 16.9. The number of amides is 1. The molecule has 2 fully saturated rings.